The van der Waals surface area contributed by atoms with Gasteiger partial charge in [-0.05, 0) is 31.9 Å². The summed E-state index contributed by atoms with van der Waals surface area (Å²) in [7, 11) is 1.60. The van der Waals surface area contributed by atoms with Crippen molar-refractivity contribution in [1.82, 2.24) is 15.0 Å². The highest BCUT2D eigenvalue weighted by molar-refractivity contribution is 5.05. The Morgan fingerprint density at radius 1 is 1.29 bits per heavy atom. The fourth-order valence-corrected chi connectivity index (χ4v) is 2.92. The molecule has 0 aliphatic carbocycles. The first-order valence-electron chi connectivity index (χ1n) is 8.42. The smallest absolute Gasteiger partial charge is 0.252 e. The number of aromatic nitrogens is 2. The molecule has 0 aromatic carbocycles. The van der Waals surface area contributed by atoms with Crippen molar-refractivity contribution in [2.75, 3.05) is 26.8 Å². The molecule has 7 nitrogen and oxygen atoms in total. The molecule has 3 rings (SSSR count). The van der Waals surface area contributed by atoms with Crippen molar-refractivity contribution in [3.63, 3.8) is 0 Å². The van der Waals surface area contributed by atoms with Gasteiger partial charge < -0.3 is 18.4 Å². The molecule has 0 amide bonds. The number of piperidine rings is 1. The van der Waals surface area contributed by atoms with Gasteiger partial charge in [0.05, 0.1) is 19.3 Å². The van der Waals surface area contributed by atoms with E-state index in [1.807, 2.05) is 13.0 Å². The molecule has 3 heterocycles. The minimum atomic E-state index is 0.310. The maximum absolute atomic E-state index is 5.96. The molecule has 0 unspecified atom stereocenters. The lowest BCUT2D eigenvalue weighted by Gasteiger charge is -2.31. The number of ether oxygens (including phenoxy) is 2. The second-order valence-corrected chi connectivity index (χ2v) is 6.15. The third kappa shape index (κ3) is 4.90. The molecular weight excluding hydrogens is 310 g/mol. The summed E-state index contributed by atoms with van der Waals surface area (Å²) in [5.41, 5.74) is 0. The predicted octanol–water partition coefficient (Wildman–Crippen LogP) is 2.34. The van der Waals surface area contributed by atoms with Crippen molar-refractivity contribution in [3.05, 3.63) is 35.4 Å². The van der Waals surface area contributed by atoms with Crippen LogP contribution in [0.5, 0.6) is 0 Å². The number of hydrogen-bond acceptors (Lipinski definition) is 7. The van der Waals surface area contributed by atoms with E-state index in [2.05, 4.69) is 21.1 Å². The van der Waals surface area contributed by atoms with Crippen molar-refractivity contribution in [2.24, 2.45) is 0 Å². The Hall–Kier alpha value is -1.70. The summed E-state index contributed by atoms with van der Waals surface area (Å²) in [6.07, 6.45) is 3.06. The van der Waals surface area contributed by atoms with Gasteiger partial charge in [-0.1, -0.05) is 5.16 Å². The van der Waals surface area contributed by atoms with E-state index < -0.39 is 0 Å². The summed E-state index contributed by atoms with van der Waals surface area (Å²) in [5, 5.41) is 3.91. The molecule has 1 aliphatic rings. The SMILES string of the molecule is COCc1nc(CCOC2CCN(Cc3ccc(C)o3)CC2)no1. The Bertz CT molecular complexity index is 617. The number of methoxy groups -OCH3 is 1. The molecule has 7 heteroatoms. The maximum Gasteiger partial charge on any atom is 0.252 e. The van der Waals surface area contributed by atoms with Crippen LogP contribution in [-0.4, -0.2) is 48.0 Å². The van der Waals surface area contributed by atoms with E-state index in [-0.39, 0.29) is 0 Å². The second kappa shape index (κ2) is 8.41. The Balaban J connectivity index is 1.33. The van der Waals surface area contributed by atoms with Gasteiger partial charge in [-0.15, -0.1) is 0 Å². The Morgan fingerprint density at radius 2 is 2.12 bits per heavy atom. The summed E-state index contributed by atoms with van der Waals surface area (Å²) < 4.78 is 21.6. The van der Waals surface area contributed by atoms with Crippen LogP contribution in [0, 0.1) is 6.92 Å². The van der Waals surface area contributed by atoms with Gasteiger partial charge in [0.15, 0.2) is 5.82 Å². The fraction of sp³-hybridized carbons (Fsp3) is 0.647. The van der Waals surface area contributed by atoms with Gasteiger partial charge in [0.25, 0.3) is 5.89 Å². The molecule has 2 aromatic rings. The van der Waals surface area contributed by atoms with Crippen LogP contribution in [-0.2, 0) is 29.0 Å². The molecule has 0 bridgehead atoms. The van der Waals surface area contributed by atoms with Crippen molar-refractivity contribution < 1.29 is 18.4 Å². The summed E-state index contributed by atoms with van der Waals surface area (Å²) in [6, 6.07) is 4.07. The highest BCUT2D eigenvalue weighted by atomic mass is 16.5. The zero-order valence-electron chi connectivity index (χ0n) is 14.4. The summed E-state index contributed by atoms with van der Waals surface area (Å²) in [4.78, 5) is 6.65. The summed E-state index contributed by atoms with van der Waals surface area (Å²) in [5.74, 6) is 3.19. The van der Waals surface area contributed by atoms with E-state index in [9.17, 15) is 0 Å². The van der Waals surface area contributed by atoms with Gasteiger partial charge in [0, 0.05) is 26.6 Å². The molecule has 1 fully saturated rings. The first kappa shape index (κ1) is 17.1. The molecule has 0 saturated carbocycles. The minimum Gasteiger partial charge on any atom is -0.465 e. The standard InChI is InChI=1S/C17H25N3O4/c1-13-3-4-15(23-13)11-20-8-5-14(6-9-20)22-10-7-16-18-17(12-21-2)24-19-16/h3-4,14H,5-12H2,1-2H3. The normalized spacial score (nSPS) is 16.8. The van der Waals surface area contributed by atoms with E-state index in [4.69, 9.17) is 18.4 Å². The zero-order valence-corrected chi connectivity index (χ0v) is 14.4. The molecule has 132 valence electrons. The molecule has 2 aromatic heterocycles. The highest BCUT2D eigenvalue weighted by Crippen LogP contribution is 2.17. The quantitative estimate of drug-likeness (QED) is 0.733. The molecular formula is C17H25N3O4. The zero-order chi connectivity index (χ0) is 16.8. The first-order valence-corrected chi connectivity index (χ1v) is 8.42. The van der Waals surface area contributed by atoms with Crippen LogP contribution >= 0.6 is 0 Å². The first-order chi connectivity index (χ1) is 11.7. The van der Waals surface area contributed by atoms with E-state index in [0.717, 1.165) is 44.0 Å². The lowest BCUT2D eigenvalue weighted by atomic mass is 10.1. The monoisotopic (exact) mass is 335 g/mol. The number of likely N-dealkylation sites (tertiary alicyclic amines) is 1. The Labute approximate surface area is 141 Å². The van der Waals surface area contributed by atoms with Crippen LogP contribution in [0.4, 0.5) is 0 Å². The number of aryl methyl sites for hydroxylation is 1. The van der Waals surface area contributed by atoms with Crippen LogP contribution in [0.2, 0.25) is 0 Å². The highest BCUT2D eigenvalue weighted by Gasteiger charge is 2.20. The molecule has 1 saturated heterocycles. The summed E-state index contributed by atoms with van der Waals surface area (Å²) >= 11 is 0. The van der Waals surface area contributed by atoms with E-state index in [1.54, 1.807) is 7.11 Å². The second-order valence-electron chi connectivity index (χ2n) is 6.15. The van der Waals surface area contributed by atoms with Crippen LogP contribution in [0.1, 0.15) is 36.1 Å². The maximum atomic E-state index is 5.96. The lowest BCUT2D eigenvalue weighted by Crippen LogP contribution is -2.36. The van der Waals surface area contributed by atoms with Gasteiger partial charge in [0.2, 0.25) is 0 Å². The van der Waals surface area contributed by atoms with Gasteiger partial charge in [-0.25, -0.2) is 0 Å². The molecule has 0 spiro atoms. The van der Waals surface area contributed by atoms with E-state index in [0.29, 0.717) is 37.5 Å². The van der Waals surface area contributed by atoms with E-state index >= 15 is 0 Å². The molecule has 0 radical (unpaired) electrons. The summed E-state index contributed by atoms with van der Waals surface area (Å²) in [6.45, 7) is 5.89. The number of rotatable bonds is 8. The van der Waals surface area contributed by atoms with Crippen LogP contribution in [0.15, 0.2) is 21.1 Å². The number of nitrogens with zero attached hydrogens (tertiary/aromatic N) is 3. The van der Waals surface area contributed by atoms with Crippen LogP contribution in [0.25, 0.3) is 0 Å². The van der Waals surface area contributed by atoms with Crippen molar-refractivity contribution >= 4 is 0 Å². The Kier molecular flexibility index (Phi) is 6.01. The molecule has 0 N–H and O–H groups in total. The van der Waals surface area contributed by atoms with Gasteiger partial charge in [-0.2, -0.15) is 4.98 Å². The molecule has 1 aliphatic heterocycles. The van der Waals surface area contributed by atoms with Crippen LogP contribution in [0.3, 0.4) is 0 Å². The van der Waals surface area contributed by atoms with Gasteiger partial charge >= 0.3 is 0 Å². The third-order valence-electron chi connectivity index (χ3n) is 4.17. The van der Waals surface area contributed by atoms with Gasteiger partial charge in [-0.3, -0.25) is 4.90 Å². The van der Waals surface area contributed by atoms with Crippen molar-refractivity contribution in [1.29, 1.82) is 0 Å². The van der Waals surface area contributed by atoms with Gasteiger partial charge in [0.1, 0.15) is 18.1 Å². The number of furan rings is 1. The fourth-order valence-electron chi connectivity index (χ4n) is 2.92. The van der Waals surface area contributed by atoms with E-state index in [1.165, 1.54) is 0 Å². The molecule has 0 atom stereocenters. The average molecular weight is 335 g/mol. The third-order valence-corrected chi connectivity index (χ3v) is 4.17. The molecule has 24 heavy (non-hydrogen) atoms. The predicted molar refractivity (Wildman–Crippen MR) is 86.4 cm³/mol. The topological polar surface area (TPSA) is 73.8 Å². The van der Waals surface area contributed by atoms with Crippen molar-refractivity contribution in [3.8, 4) is 0 Å². The largest absolute Gasteiger partial charge is 0.465 e. The van der Waals surface area contributed by atoms with Crippen molar-refractivity contribution in [2.45, 2.75) is 45.4 Å². The minimum absolute atomic E-state index is 0.310. The van der Waals surface area contributed by atoms with Crippen LogP contribution < -0.4 is 0 Å². The number of hydrogen-bond donors (Lipinski definition) is 0. The average Bonchev–Trinajstić information content (AvgIpc) is 3.19. The Morgan fingerprint density at radius 3 is 2.83 bits per heavy atom. The lowest BCUT2D eigenvalue weighted by molar-refractivity contribution is 0.00552.